The van der Waals surface area contributed by atoms with E-state index in [1.54, 1.807) is 11.8 Å². The highest BCUT2D eigenvalue weighted by molar-refractivity contribution is 5.96. The molecule has 0 aromatic heterocycles. The van der Waals surface area contributed by atoms with Crippen LogP contribution in [-0.2, 0) is 4.79 Å². The van der Waals surface area contributed by atoms with E-state index in [9.17, 15) is 19.7 Å². The standard InChI is InChI=1S/C17H22N4O4/c1-12-9-13(21(24)25)4-5-15(12)17(23)19-7-2-3-14(11-19)20-8-6-18-10-16(20)22/h4-5,9,14,18H,2-3,6-8,10-11H2,1H3. The zero-order chi connectivity index (χ0) is 18.0. The molecular formula is C17H22N4O4. The average molecular weight is 346 g/mol. The molecule has 25 heavy (non-hydrogen) atoms. The normalized spacial score (nSPS) is 21.3. The van der Waals surface area contributed by atoms with Gasteiger partial charge in [-0.05, 0) is 31.4 Å². The molecule has 0 aliphatic carbocycles. The Labute approximate surface area is 145 Å². The molecule has 8 nitrogen and oxygen atoms in total. The van der Waals surface area contributed by atoms with Gasteiger partial charge in [-0.25, -0.2) is 0 Å². The van der Waals surface area contributed by atoms with Crippen LogP contribution in [-0.4, -0.2) is 65.3 Å². The molecule has 1 unspecified atom stereocenters. The number of piperidine rings is 1. The maximum atomic E-state index is 12.9. The third kappa shape index (κ3) is 3.63. The molecule has 0 spiro atoms. The van der Waals surface area contributed by atoms with E-state index in [1.807, 2.05) is 4.90 Å². The minimum Gasteiger partial charge on any atom is -0.337 e. The van der Waals surface area contributed by atoms with Crippen LogP contribution in [0.2, 0.25) is 0 Å². The monoisotopic (exact) mass is 346 g/mol. The minimum absolute atomic E-state index is 0.0167. The largest absolute Gasteiger partial charge is 0.337 e. The van der Waals surface area contributed by atoms with Gasteiger partial charge in [0.25, 0.3) is 11.6 Å². The number of hydrogen-bond acceptors (Lipinski definition) is 5. The van der Waals surface area contributed by atoms with Crippen molar-refractivity contribution in [2.45, 2.75) is 25.8 Å². The van der Waals surface area contributed by atoms with Gasteiger partial charge in [0.05, 0.1) is 11.5 Å². The van der Waals surface area contributed by atoms with E-state index in [4.69, 9.17) is 0 Å². The number of rotatable bonds is 3. The first-order valence-electron chi connectivity index (χ1n) is 8.52. The fourth-order valence-electron chi connectivity index (χ4n) is 3.57. The van der Waals surface area contributed by atoms with E-state index >= 15 is 0 Å². The van der Waals surface area contributed by atoms with Gasteiger partial charge >= 0.3 is 0 Å². The summed E-state index contributed by atoms with van der Waals surface area (Å²) in [6.45, 7) is 4.67. The summed E-state index contributed by atoms with van der Waals surface area (Å²) in [7, 11) is 0. The lowest BCUT2D eigenvalue weighted by atomic mass is 10.0. The summed E-state index contributed by atoms with van der Waals surface area (Å²) in [5.74, 6) is -0.0447. The Morgan fingerprint density at radius 2 is 2.16 bits per heavy atom. The number of nitrogens with one attached hydrogen (secondary N) is 1. The molecule has 3 rings (SSSR count). The number of non-ortho nitro benzene ring substituents is 1. The van der Waals surface area contributed by atoms with Crippen LogP contribution in [0.15, 0.2) is 18.2 Å². The number of benzene rings is 1. The summed E-state index contributed by atoms with van der Waals surface area (Å²) in [6, 6.07) is 4.36. The summed E-state index contributed by atoms with van der Waals surface area (Å²) >= 11 is 0. The molecule has 1 N–H and O–H groups in total. The Hall–Kier alpha value is -2.48. The van der Waals surface area contributed by atoms with Crippen molar-refractivity contribution >= 4 is 17.5 Å². The third-order valence-electron chi connectivity index (χ3n) is 4.90. The number of nitro groups is 1. The van der Waals surface area contributed by atoms with Gasteiger partial charge in [0.1, 0.15) is 0 Å². The summed E-state index contributed by atoms with van der Waals surface area (Å²) in [6.07, 6.45) is 1.74. The van der Waals surface area contributed by atoms with Crippen LogP contribution in [0.3, 0.4) is 0 Å². The van der Waals surface area contributed by atoms with E-state index in [1.165, 1.54) is 18.2 Å². The predicted octanol–water partition coefficient (Wildman–Crippen LogP) is 0.940. The molecule has 2 saturated heterocycles. The fourth-order valence-corrected chi connectivity index (χ4v) is 3.57. The quantitative estimate of drug-likeness (QED) is 0.649. The molecule has 134 valence electrons. The molecular weight excluding hydrogens is 324 g/mol. The van der Waals surface area contributed by atoms with E-state index in [-0.39, 0.29) is 23.5 Å². The highest BCUT2D eigenvalue weighted by Crippen LogP contribution is 2.22. The molecule has 0 radical (unpaired) electrons. The molecule has 0 saturated carbocycles. The lowest BCUT2D eigenvalue weighted by molar-refractivity contribution is -0.384. The van der Waals surface area contributed by atoms with Crippen molar-refractivity contribution in [2.75, 3.05) is 32.7 Å². The Morgan fingerprint density at radius 1 is 1.36 bits per heavy atom. The van der Waals surface area contributed by atoms with Crippen molar-refractivity contribution in [3.63, 3.8) is 0 Å². The predicted molar refractivity (Wildman–Crippen MR) is 91.3 cm³/mol. The SMILES string of the molecule is Cc1cc([N+](=O)[O-])ccc1C(=O)N1CCCC(N2CCNCC2=O)C1. The topological polar surface area (TPSA) is 95.8 Å². The number of hydrogen-bond donors (Lipinski definition) is 1. The smallest absolute Gasteiger partial charge is 0.269 e. The van der Waals surface area contributed by atoms with Gasteiger partial charge in [-0.2, -0.15) is 0 Å². The van der Waals surface area contributed by atoms with E-state index in [2.05, 4.69) is 5.32 Å². The van der Waals surface area contributed by atoms with Gasteiger partial charge in [-0.1, -0.05) is 0 Å². The second-order valence-corrected chi connectivity index (χ2v) is 6.57. The summed E-state index contributed by atoms with van der Waals surface area (Å²) in [5.41, 5.74) is 1.06. The number of carbonyl (C=O) groups excluding carboxylic acids is 2. The molecule has 0 bridgehead atoms. The Kier molecular flexibility index (Phi) is 4.98. The maximum absolute atomic E-state index is 12.9. The van der Waals surface area contributed by atoms with E-state index in [0.29, 0.717) is 37.3 Å². The minimum atomic E-state index is -0.464. The number of amides is 2. The third-order valence-corrected chi connectivity index (χ3v) is 4.90. The van der Waals surface area contributed by atoms with Gasteiger partial charge in [-0.3, -0.25) is 19.7 Å². The average Bonchev–Trinajstić information content (AvgIpc) is 2.61. The first kappa shape index (κ1) is 17.3. The zero-order valence-corrected chi connectivity index (χ0v) is 14.2. The van der Waals surface area contributed by atoms with Crippen LogP contribution in [0, 0.1) is 17.0 Å². The summed E-state index contributed by atoms with van der Waals surface area (Å²) in [4.78, 5) is 39.0. The van der Waals surface area contributed by atoms with Crippen molar-refractivity contribution in [2.24, 2.45) is 0 Å². The van der Waals surface area contributed by atoms with Crippen molar-refractivity contribution in [1.29, 1.82) is 0 Å². The molecule has 2 aliphatic rings. The molecule has 1 aromatic carbocycles. The molecule has 8 heteroatoms. The fraction of sp³-hybridized carbons (Fsp3) is 0.529. The zero-order valence-electron chi connectivity index (χ0n) is 14.2. The first-order chi connectivity index (χ1) is 12.0. The number of nitro benzene ring substituents is 1. The Bertz CT molecular complexity index is 706. The first-order valence-corrected chi connectivity index (χ1v) is 8.52. The van der Waals surface area contributed by atoms with Crippen molar-refractivity contribution in [3.8, 4) is 0 Å². The van der Waals surface area contributed by atoms with Crippen LogP contribution < -0.4 is 5.32 Å². The maximum Gasteiger partial charge on any atom is 0.269 e. The number of likely N-dealkylation sites (tertiary alicyclic amines) is 1. The van der Waals surface area contributed by atoms with Crippen molar-refractivity contribution in [1.82, 2.24) is 15.1 Å². The molecule has 1 aromatic rings. The van der Waals surface area contributed by atoms with Crippen LogP contribution in [0.4, 0.5) is 5.69 Å². The highest BCUT2D eigenvalue weighted by Gasteiger charge is 2.32. The van der Waals surface area contributed by atoms with E-state index < -0.39 is 4.92 Å². The van der Waals surface area contributed by atoms with Crippen LogP contribution in [0.5, 0.6) is 0 Å². The second kappa shape index (κ2) is 7.18. The van der Waals surface area contributed by atoms with Crippen LogP contribution in [0.25, 0.3) is 0 Å². The molecule has 1 atom stereocenters. The van der Waals surface area contributed by atoms with E-state index in [0.717, 1.165) is 19.4 Å². The highest BCUT2D eigenvalue weighted by atomic mass is 16.6. The number of carbonyl (C=O) groups is 2. The van der Waals surface area contributed by atoms with Gasteiger partial charge in [-0.15, -0.1) is 0 Å². The second-order valence-electron chi connectivity index (χ2n) is 6.57. The molecule has 2 fully saturated rings. The number of piperazine rings is 1. The summed E-state index contributed by atoms with van der Waals surface area (Å²) in [5, 5.41) is 13.9. The molecule has 2 amide bonds. The Morgan fingerprint density at radius 3 is 2.84 bits per heavy atom. The van der Waals surface area contributed by atoms with Gasteiger partial charge in [0.15, 0.2) is 0 Å². The van der Waals surface area contributed by atoms with Crippen LogP contribution >= 0.6 is 0 Å². The Balaban J connectivity index is 1.73. The van der Waals surface area contributed by atoms with Crippen molar-refractivity contribution < 1.29 is 14.5 Å². The van der Waals surface area contributed by atoms with Gasteiger partial charge < -0.3 is 15.1 Å². The van der Waals surface area contributed by atoms with Crippen LogP contribution in [0.1, 0.15) is 28.8 Å². The lowest BCUT2D eigenvalue weighted by Gasteiger charge is -2.41. The molecule has 2 heterocycles. The summed E-state index contributed by atoms with van der Waals surface area (Å²) < 4.78 is 0. The van der Waals surface area contributed by atoms with Gasteiger partial charge in [0.2, 0.25) is 5.91 Å². The molecule has 2 aliphatic heterocycles. The number of nitrogens with zero attached hydrogens (tertiary/aromatic N) is 3. The van der Waals surface area contributed by atoms with Gasteiger partial charge in [0, 0.05) is 49.9 Å². The van der Waals surface area contributed by atoms with Crippen molar-refractivity contribution in [3.05, 3.63) is 39.4 Å². The number of aryl methyl sites for hydroxylation is 1. The lowest BCUT2D eigenvalue weighted by Crippen LogP contribution is -2.57.